The molecule has 29 heavy (non-hydrogen) atoms. The molecular formula is C21H21N5O2S. The molecule has 8 heteroatoms. The quantitative estimate of drug-likeness (QED) is 0.503. The maximum Gasteiger partial charge on any atom is 0.257 e. The third-order valence-electron chi connectivity index (χ3n) is 4.47. The molecule has 0 spiro atoms. The van der Waals surface area contributed by atoms with Crippen molar-refractivity contribution in [3.63, 3.8) is 0 Å². The number of hydrogen-bond donors (Lipinski definition) is 1. The highest BCUT2D eigenvalue weighted by Crippen LogP contribution is 2.26. The second-order valence-corrected chi connectivity index (χ2v) is 8.06. The average Bonchev–Trinajstić information content (AvgIpc) is 3.46. The van der Waals surface area contributed by atoms with E-state index in [4.69, 9.17) is 4.42 Å². The zero-order valence-electron chi connectivity index (χ0n) is 16.3. The zero-order valence-corrected chi connectivity index (χ0v) is 17.1. The SMILES string of the molecule is Cc1ccc(-c2nnc(CCC(=O)NCc3cnn(-c4ccccc4C)c3)o2)s1. The van der Waals surface area contributed by atoms with E-state index in [1.165, 1.54) is 4.88 Å². The van der Waals surface area contributed by atoms with Crippen molar-refractivity contribution >= 4 is 17.2 Å². The first-order valence-corrected chi connectivity index (χ1v) is 10.2. The number of aryl methyl sites for hydroxylation is 3. The van der Waals surface area contributed by atoms with E-state index in [0.29, 0.717) is 24.7 Å². The molecule has 4 aromatic rings. The summed E-state index contributed by atoms with van der Waals surface area (Å²) in [7, 11) is 0. The maximum absolute atomic E-state index is 12.2. The van der Waals surface area contributed by atoms with E-state index in [-0.39, 0.29) is 12.3 Å². The van der Waals surface area contributed by atoms with Crippen molar-refractivity contribution in [2.24, 2.45) is 0 Å². The number of nitrogens with zero attached hydrogens (tertiary/aromatic N) is 4. The van der Waals surface area contributed by atoms with Crippen LogP contribution < -0.4 is 5.32 Å². The molecule has 1 N–H and O–H groups in total. The minimum absolute atomic E-state index is 0.0691. The van der Waals surface area contributed by atoms with Crippen molar-refractivity contribution in [3.8, 4) is 16.5 Å². The van der Waals surface area contributed by atoms with Crippen LogP contribution in [0.1, 0.15) is 28.3 Å². The fraction of sp³-hybridized carbons (Fsp3) is 0.238. The summed E-state index contributed by atoms with van der Waals surface area (Å²) < 4.78 is 7.48. The van der Waals surface area contributed by atoms with Crippen molar-refractivity contribution < 1.29 is 9.21 Å². The van der Waals surface area contributed by atoms with E-state index in [9.17, 15) is 4.79 Å². The maximum atomic E-state index is 12.2. The van der Waals surface area contributed by atoms with Gasteiger partial charge in [0.1, 0.15) is 0 Å². The van der Waals surface area contributed by atoms with Crippen LogP contribution in [-0.4, -0.2) is 25.9 Å². The summed E-state index contributed by atoms with van der Waals surface area (Å²) in [6.07, 6.45) is 4.39. The number of nitrogens with one attached hydrogen (secondary N) is 1. The Morgan fingerprint density at radius 2 is 2.03 bits per heavy atom. The summed E-state index contributed by atoms with van der Waals surface area (Å²) in [6, 6.07) is 12.0. The fourth-order valence-electron chi connectivity index (χ4n) is 2.92. The second kappa shape index (κ2) is 8.40. The number of thiophene rings is 1. The van der Waals surface area contributed by atoms with Crippen molar-refractivity contribution in [2.75, 3.05) is 0 Å². The molecule has 0 saturated carbocycles. The number of hydrogen-bond acceptors (Lipinski definition) is 6. The molecule has 1 amide bonds. The number of benzene rings is 1. The predicted octanol–water partition coefficient (Wildman–Crippen LogP) is 3.85. The molecule has 0 aliphatic carbocycles. The summed E-state index contributed by atoms with van der Waals surface area (Å²) in [5.74, 6) is 0.899. The van der Waals surface area contributed by atoms with Gasteiger partial charge >= 0.3 is 0 Å². The molecular weight excluding hydrogens is 386 g/mol. The number of carbonyl (C=O) groups excluding carboxylic acids is 1. The molecule has 3 heterocycles. The second-order valence-electron chi connectivity index (χ2n) is 6.77. The van der Waals surface area contributed by atoms with Gasteiger partial charge in [-0.3, -0.25) is 4.79 Å². The van der Waals surface area contributed by atoms with Crippen LogP contribution >= 0.6 is 11.3 Å². The number of amides is 1. The van der Waals surface area contributed by atoms with Crippen LogP contribution in [0.2, 0.25) is 0 Å². The first kappa shape index (κ1) is 19.1. The van der Waals surface area contributed by atoms with Crippen LogP contribution in [0.3, 0.4) is 0 Å². The summed E-state index contributed by atoms with van der Waals surface area (Å²) in [4.78, 5) is 14.3. The molecule has 3 aromatic heterocycles. The van der Waals surface area contributed by atoms with E-state index >= 15 is 0 Å². The van der Waals surface area contributed by atoms with Gasteiger partial charge in [-0.1, -0.05) is 18.2 Å². The van der Waals surface area contributed by atoms with Gasteiger partial charge in [-0.2, -0.15) is 5.10 Å². The summed E-state index contributed by atoms with van der Waals surface area (Å²) in [6.45, 7) is 4.50. The summed E-state index contributed by atoms with van der Waals surface area (Å²) in [5, 5.41) is 15.4. The van der Waals surface area contributed by atoms with Gasteiger partial charge in [0.25, 0.3) is 5.89 Å². The molecule has 0 unspecified atom stereocenters. The van der Waals surface area contributed by atoms with Crippen LogP contribution in [0, 0.1) is 13.8 Å². The minimum Gasteiger partial charge on any atom is -0.420 e. The van der Waals surface area contributed by atoms with Crippen molar-refractivity contribution in [1.29, 1.82) is 0 Å². The predicted molar refractivity (Wildman–Crippen MR) is 111 cm³/mol. The van der Waals surface area contributed by atoms with Gasteiger partial charge in [0.15, 0.2) is 0 Å². The lowest BCUT2D eigenvalue weighted by molar-refractivity contribution is -0.121. The van der Waals surface area contributed by atoms with Crippen LogP contribution in [-0.2, 0) is 17.8 Å². The molecule has 0 aliphatic rings. The van der Waals surface area contributed by atoms with Gasteiger partial charge in [0, 0.05) is 36.0 Å². The van der Waals surface area contributed by atoms with Crippen molar-refractivity contribution in [3.05, 3.63) is 70.7 Å². The normalized spacial score (nSPS) is 11.0. The molecule has 7 nitrogen and oxygen atoms in total. The van der Waals surface area contributed by atoms with Gasteiger partial charge in [-0.05, 0) is 37.6 Å². The highest BCUT2D eigenvalue weighted by molar-refractivity contribution is 7.15. The van der Waals surface area contributed by atoms with Crippen LogP contribution in [0.25, 0.3) is 16.5 Å². The van der Waals surface area contributed by atoms with Gasteiger partial charge in [0.2, 0.25) is 11.8 Å². The Balaban J connectivity index is 1.28. The lowest BCUT2D eigenvalue weighted by Gasteiger charge is -2.04. The van der Waals surface area contributed by atoms with Gasteiger partial charge in [-0.25, -0.2) is 4.68 Å². The van der Waals surface area contributed by atoms with Crippen molar-refractivity contribution in [2.45, 2.75) is 33.2 Å². The molecule has 1 aromatic carbocycles. The van der Waals surface area contributed by atoms with E-state index in [1.807, 2.05) is 61.1 Å². The van der Waals surface area contributed by atoms with Crippen molar-refractivity contribution in [1.82, 2.24) is 25.3 Å². The fourth-order valence-corrected chi connectivity index (χ4v) is 3.71. The van der Waals surface area contributed by atoms with Gasteiger partial charge in [0.05, 0.1) is 16.8 Å². The third-order valence-corrected chi connectivity index (χ3v) is 5.46. The highest BCUT2D eigenvalue weighted by Gasteiger charge is 2.12. The molecule has 0 saturated heterocycles. The Morgan fingerprint density at radius 3 is 2.83 bits per heavy atom. The molecule has 0 atom stereocenters. The van der Waals surface area contributed by atoms with Crippen LogP contribution in [0.15, 0.2) is 53.2 Å². The Kier molecular flexibility index (Phi) is 5.53. The molecule has 0 radical (unpaired) electrons. The molecule has 0 bridgehead atoms. The Morgan fingerprint density at radius 1 is 1.17 bits per heavy atom. The number of rotatable bonds is 7. The van der Waals surface area contributed by atoms with E-state index < -0.39 is 0 Å². The largest absolute Gasteiger partial charge is 0.420 e. The molecule has 0 fully saturated rings. The molecule has 148 valence electrons. The first-order valence-electron chi connectivity index (χ1n) is 9.34. The third kappa shape index (κ3) is 4.60. The standard InChI is InChI=1S/C21H21N5O2S/c1-14-5-3-4-6-17(14)26-13-16(12-23-26)11-22-19(27)9-10-20-24-25-21(28-20)18-8-7-15(2)29-18/h3-8,12-13H,9-11H2,1-2H3,(H,22,27). The lowest BCUT2D eigenvalue weighted by atomic mass is 10.2. The Labute approximate surface area is 172 Å². The van der Waals surface area contributed by atoms with Crippen LogP contribution in [0.5, 0.6) is 0 Å². The monoisotopic (exact) mass is 407 g/mol. The van der Waals surface area contributed by atoms with Gasteiger partial charge in [-0.15, -0.1) is 21.5 Å². The minimum atomic E-state index is -0.0691. The number of aromatic nitrogens is 4. The highest BCUT2D eigenvalue weighted by atomic mass is 32.1. The molecule has 0 aliphatic heterocycles. The van der Waals surface area contributed by atoms with E-state index in [2.05, 4.69) is 20.6 Å². The first-order chi connectivity index (χ1) is 14.1. The Hall–Kier alpha value is -3.26. The average molecular weight is 407 g/mol. The van der Waals surface area contributed by atoms with E-state index in [0.717, 1.165) is 21.7 Å². The van der Waals surface area contributed by atoms with Gasteiger partial charge < -0.3 is 9.73 Å². The number of carbonyl (C=O) groups is 1. The van der Waals surface area contributed by atoms with E-state index in [1.54, 1.807) is 17.5 Å². The smallest absolute Gasteiger partial charge is 0.257 e. The summed E-state index contributed by atoms with van der Waals surface area (Å²) >= 11 is 1.60. The lowest BCUT2D eigenvalue weighted by Crippen LogP contribution is -2.22. The molecule has 4 rings (SSSR count). The topological polar surface area (TPSA) is 85.8 Å². The summed E-state index contributed by atoms with van der Waals surface area (Å²) in [5.41, 5.74) is 3.11. The number of para-hydroxylation sites is 1. The Bertz CT molecular complexity index is 1130. The van der Waals surface area contributed by atoms with Crippen LogP contribution in [0.4, 0.5) is 0 Å². The zero-order chi connectivity index (χ0) is 20.2.